The second-order valence-electron chi connectivity index (χ2n) is 6.25. The first-order valence-electron chi connectivity index (χ1n) is 8.86. The van der Waals surface area contributed by atoms with E-state index in [1.807, 2.05) is 48.5 Å². The van der Waals surface area contributed by atoms with Crippen LogP contribution >= 0.6 is 0 Å². The molecule has 6 nitrogen and oxygen atoms in total. The van der Waals surface area contributed by atoms with Crippen LogP contribution in [0.5, 0.6) is 0 Å². The Bertz CT molecular complexity index is 924. The lowest BCUT2D eigenvalue weighted by atomic mass is 10.1. The van der Waals surface area contributed by atoms with Gasteiger partial charge >= 0.3 is 5.97 Å². The standard InChI is InChI=1S/C22H21N3O3/c1-16(26)24-13-17-4-6-18(7-5-17)15-28-22(27)19-8-10-20(11-9-19)25-21-3-2-12-23-14-21/h2-12,14,25H,13,15H2,1H3,(H,24,26). The molecule has 0 aliphatic carbocycles. The molecule has 28 heavy (non-hydrogen) atoms. The van der Waals surface area contributed by atoms with Crippen LogP contribution in [0.2, 0.25) is 0 Å². The minimum atomic E-state index is -0.379. The van der Waals surface area contributed by atoms with Gasteiger partial charge in [0.05, 0.1) is 17.4 Å². The average Bonchev–Trinajstić information content (AvgIpc) is 2.72. The number of benzene rings is 2. The lowest BCUT2D eigenvalue weighted by molar-refractivity contribution is -0.119. The van der Waals surface area contributed by atoms with Crippen LogP contribution in [0.15, 0.2) is 73.1 Å². The van der Waals surface area contributed by atoms with Crippen LogP contribution < -0.4 is 10.6 Å². The highest BCUT2D eigenvalue weighted by atomic mass is 16.5. The van der Waals surface area contributed by atoms with Crippen molar-refractivity contribution in [1.82, 2.24) is 10.3 Å². The highest BCUT2D eigenvalue weighted by molar-refractivity contribution is 5.89. The van der Waals surface area contributed by atoms with Crippen molar-refractivity contribution in [2.45, 2.75) is 20.1 Å². The Morgan fingerprint density at radius 3 is 2.29 bits per heavy atom. The fraction of sp³-hybridized carbons (Fsp3) is 0.136. The molecule has 1 heterocycles. The fourth-order valence-corrected chi connectivity index (χ4v) is 2.51. The van der Waals surface area contributed by atoms with Crippen molar-refractivity contribution in [3.63, 3.8) is 0 Å². The van der Waals surface area contributed by atoms with Gasteiger partial charge in [0.2, 0.25) is 5.91 Å². The Balaban J connectivity index is 1.51. The van der Waals surface area contributed by atoms with Gasteiger partial charge in [-0.1, -0.05) is 24.3 Å². The van der Waals surface area contributed by atoms with E-state index in [4.69, 9.17) is 4.74 Å². The van der Waals surface area contributed by atoms with Gasteiger partial charge in [0.15, 0.2) is 0 Å². The lowest BCUT2D eigenvalue weighted by Gasteiger charge is -2.08. The molecule has 6 heteroatoms. The molecule has 0 unspecified atom stereocenters. The Labute approximate surface area is 163 Å². The zero-order chi connectivity index (χ0) is 19.8. The molecule has 1 aromatic heterocycles. The van der Waals surface area contributed by atoms with Crippen molar-refractivity contribution in [1.29, 1.82) is 0 Å². The molecule has 0 saturated heterocycles. The zero-order valence-corrected chi connectivity index (χ0v) is 15.5. The zero-order valence-electron chi connectivity index (χ0n) is 15.5. The van der Waals surface area contributed by atoms with E-state index in [-0.39, 0.29) is 18.5 Å². The van der Waals surface area contributed by atoms with Crippen LogP contribution in [0.4, 0.5) is 11.4 Å². The summed E-state index contributed by atoms with van der Waals surface area (Å²) in [6, 6.07) is 18.4. The lowest BCUT2D eigenvalue weighted by Crippen LogP contribution is -2.18. The fourth-order valence-electron chi connectivity index (χ4n) is 2.51. The number of nitrogens with zero attached hydrogens (tertiary/aromatic N) is 1. The summed E-state index contributed by atoms with van der Waals surface area (Å²) in [6.45, 7) is 2.15. The van der Waals surface area contributed by atoms with E-state index >= 15 is 0 Å². The molecule has 0 bridgehead atoms. The van der Waals surface area contributed by atoms with E-state index in [0.29, 0.717) is 12.1 Å². The minimum Gasteiger partial charge on any atom is -0.457 e. The molecule has 0 aliphatic rings. The molecular formula is C22H21N3O3. The van der Waals surface area contributed by atoms with Crippen LogP contribution in [0, 0.1) is 0 Å². The minimum absolute atomic E-state index is 0.0698. The second kappa shape index (κ2) is 9.32. The van der Waals surface area contributed by atoms with E-state index in [1.165, 1.54) is 6.92 Å². The summed E-state index contributed by atoms with van der Waals surface area (Å²) in [5, 5.41) is 5.95. The van der Waals surface area contributed by atoms with Crippen molar-refractivity contribution >= 4 is 23.3 Å². The number of esters is 1. The Hall–Kier alpha value is -3.67. The molecule has 142 valence electrons. The smallest absolute Gasteiger partial charge is 0.338 e. The highest BCUT2D eigenvalue weighted by Crippen LogP contribution is 2.16. The predicted octanol–water partition coefficient (Wildman–Crippen LogP) is 3.82. The molecule has 0 fully saturated rings. The first-order valence-corrected chi connectivity index (χ1v) is 8.86. The monoisotopic (exact) mass is 375 g/mol. The van der Waals surface area contributed by atoms with Gasteiger partial charge in [0.25, 0.3) is 0 Å². The molecule has 0 aliphatic heterocycles. The number of nitrogens with one attached hydrogen (secondary N) is 2. The largest absolute Gasteiger partial charge is 0.457 e. The topological polar surface area (TPSA) is 80.3 Å². The maximum Gasteiger partial charge on any atom is 0.338 e. The maximum absolute atomic E-state index is 12.2. The molecule has 3 aromatic rings. The summed E-state index contributed by atoms with van der Waals surface area (Å²) in [5.74, 6) is -0.449. The van der Waals surface area contributed by atoms with Gasteiger partial charge in [-0.05, 0) is 47.5 Å². The van der Waals surface area contributed by atoms with Gasteiger partial charge in [-0.3, -0.25) is 9.78 Å². The molecular weight excluding hydrogens is 354 g/mol. The number of amides is 1. The Morgan fingerprint density at radius 2 is 1.64 bits per heavy atom. The third kappa shape index (κ3) is 5.67. The Morgan fingerprint density at radius 1 is 0.929 bits per heavy atom. The number of ether oxygens (including phenoxy) is 1. The van der Waals surface area contributed by atoms with E-state index in [0.717, 1.165) is 22.5 Å². The van der Waals surface area contributed by atoms with Crippen LogP contribution in [0.3, 0.4) is 0 Å². The number of rotatable bonds is 7. The first kappa shape index (κ1) is 19.1. The number of carbonyl (C=O) groups is 2. The van der Waals surface area contributed by atoms with Crippen molar-refractivity contribution in [3.05, 3.63) is 89.7 Å². The van der Waals surface area contributed by atoms with Crippen molar-refractivity contribution in [2.24, 2.45) is 0 Å². The molecule has 1 amide bonds. The van der Waals surface area contributed by atoms with E-state index in [2.05, 4.69) is 15.6 Å². The first-order chi connectivity index (χ1) is 13.6. The van der Waals surface area contributed by atoms with E-state index in [9.17, 15) is 9.59 Å². The molecule has 2 N–H and O–H groups in total. The molecule has 0 radical (unpaired) electrons. The second-order valence-corrected chi connectivity index (χ2v) is 6.25. The van der Waals surface area contributed by atoms with Crippen LogP contribution in [0.25, 0.3) is 0 Å². The van der Waals surface area contributed by atoms with E-state index in [1.54, 1.807) is 24.5 Å². The molecule has 0 saturated carbocycles. The quantitative estimate of drug-likeness (QED) is 0.614. The van der Waals surface area contributed by atoms with Gasteiger partial charge in [-0.25, -0.2) is 4.79 Å². The van der Waals surface area contributed by atoms with Crippen LogP contribution in [-0.4, -0.2) is 16.9 Å². The summed E-state index contributed by atoms with van der Waals surface area (Å²) in [6.07, 6.45) is 3.44. The summed E-state index contributed by atoms with van der Waals surface area (Å²) < 4.78 is 5.37. The van der Waals surface area contributed by atoms with Gasteiger partial charge in [-0.2, -0.15) is 0 Å². The van der Waals surface area contributed by atoms with Crippen molar-refractivity contribution in [2.75, 3.05) is 5.32 Å². The van der Waals surface area contributed by atoms with Crippen LogP contribution in [0.1, 0.15) is 28.4 Å². The van der Waals surface area contributed by atoms with Crippen molar-refractivity contribution in [3.8, 4) is 0 Å². The van der Waals surface area contributed by atoms with Gasteiger partial charge < -0.3 is 15.4 Å². The summed E-state index contributed by atoms with van der Waals surface area (Å²) in [5.41, 5.74) is 4.09. The molecule has 2 aromatic carbocycles. The summed E-state index contributed by atoms with van der Waals surface area (Å²) in [7, 11) is 0. The SMILES string of the molecule is CC(=O)NCc1ccc(COC(=O)c2ccc(Nc3cccnc3)cc2)cc1. The number of anilines is 2. The number of hydrogen-bond donors (Lipinski definition) is 2. The van der Waals surface area contributed by atoms with E-state index < -0.39 is 0 Å². The number of hydrogen-bond acceptors (Lipinski definition) is 5. The van der Waals surface area contributed by atoms with Gasteiger partial charge in [0.1, 0.15) is 6.61 Å². The maximum atomic E-state index is 12.2. The number of aromatic nitrogens is 1. The number of carbonyl (C=O) groups excluding carboxylic acids is 2. The molecule has 0 spiro atoms. The highest BCUT2D eigenvalue weighted by Gasteiger charge is 2.08. The average molecular weight is 375 g/mol. The third-order valence-electron chi connectivity index (χ3n) is 4.01. The summed E-state index contributed by atoms with van der Waals surface area (Å²) >= 11 is 0. The normalized spacial score (nSPS) is 10.2. The van der Waals surface area contributed by atoms with Gasteiger partial charge in [-0.15, -0.1) is 0 Å². The van der Waals surface area contributed by atoms with Crippen LogP contribution in [-0.2, 0) is 22.7 Å². The molecule has 0 atom stereocenters. The van der Waals surface area contributed by atoms with Crippen molar-refractivity contribution < 1.29 is 14.3 Å². The summed E-state index contributed by atoms with van der Waals surface area (Å²) in [4.78, 5) is 27.2. The predicted molar refractivity (Wildman–Crippen MR) is 107 cm³/mol. The Kier molecular flexibility index (Phi) is 6.36. The number of pyridine rings is 1. The van der Waals surface area contributed by atoms with Gasteiger partial charge in [0, 0.05) is 25.4 Å². The molecule has 3 rings (SSSR count). The third-order valence-corrected chi connectivity index (χ3v) is 4.01.